The average molecular weight is 423 g/mol. The number of benzene rings is 3. The van der Waals surface area contributed by atoms with Gasteiger partial charge in [0.25, 0.3) is 0 Å². The summed E-state index contributed by atoms with van der Waals surface area (Å²) in [5.74, 6) is 3.49. The van der Waals surface area contributed by atoms with Crippen molar-refractivity contribution in [2.75, 3.05) is 24.7 Å². The highest BCUT2D eigenvalue weighted by molar-refractivity contribution is 8.07. The molecule has 2 aliphatic heterocycles. The first-order chi connectivity index (χ1) is 14.3. The van der Waals surface area contributed by atoms with E-state index in [4.69, 9.17) is 13.9 Å². The maximum Gasteiger partial charge on any atom is 0.204 e. The minimum Gasteiger partial charge on any atom is -0.492 e. The summed E-state index contributed by atoms with van der Waals surface area (Å²) < 4.78 is 18.2. The molecular formula is C23H18O4S2. The number of rotatable bonds is 6. The fourth-order valence-corrected chi connectivity index (χ4v) is 4.38. The van der Waals surface area contributed by atoms with E-state index in [1.165, 1.54) is 0 Å². The van der Waals surface area contributed by atoms with Gasteiger partial charge in [0.15, 0.2) is 0 Å². The van der Waals surface area contributed by atoms with Crippen molar-refractivity contribution in [3.8, 4) is 11.5 Å². The van der Waals surface area contributed by atoms with E-state index in [9.17, 15) is 4.79 Å². The van der Waals surface area contributed by atoms with E-state index in [2.05, 4.69) is 0 Å². The molecule has 6 rings (SSSR count). The van der Waals surface area contributed by atoms with Crippen LogP contribution in [0.4, 0.5) is 0 Å². The van der Waals surface area contributed by atoms with Gasteiger partial charge in [-0.3, -0.25) is 4.79 Å². The van der Waals surface area contributed by atoms with E-state index < -0.39 is 0 Å². The predicted octanol–water partition coefficient (Wildman–Crippen LogP) is 5.09. The molecule has 2 saturated heterocycles. The van der Waals surface area contributed by atoms with Crippen molar-refractivity contribution in [2.24, 2.45) is 0 Å². The van der Waals surface area contributed by atoms with Gasteiger partial charge in [-0.15, -0.1) is 0 Å². The number of hydrogen-bond acceptors (Lipinski definition) is 6. The van der Waals surface area contributed by atoms with E-state index >= 15 is 0 Å². The molecule has 0 saturated carbocycles. The molecule has 29 heavy (non-hydrogen) atoms. The Hall–Kier alpha value is -2.31. The van der Waals surface area contributed by atoms with Crippen LogP contribution in [-0.2, 0) is 0 Å². The van der Waals surface area contributed by atoms with Gasteiger partial charge >= 0.3 is 0 Å². The topological polar surface area (TPSA) is 48.7 Å². The van der Waals surface area contributed by atoms with E-state index in [1.54, 1.807) is 0 Å². The second kappa shape index (κ2) is 6.89. The van der Waals surface area contributed by atoms with Crippen LogP contribution in [-0.4, -0.2) is 35.2 Å². The van der Waals surface area contributed by atoms with Crippen LogP contribution >= 0.6 is 23.5 Å². The Bertz CT molecular complexity index is 1310. The van der Waals surface area contributed by atoms with E-state index in [-0.39, 0.29) is 5.43 Å². The summed E-state index contributed by atoms with van der Waals surface area (Å²) in [6.45, 7) is 1.26. The van der Waals surface area contributed by atoms with Gasteiger partial charge in [-0.25, -0.2) is 0 Å². The number of hydrogen-bond donors (Lipinski definition) is 0. The standard InChI is InChI=1S/C23H18O4S2/c24-23-21-17-4-2-1-3-13(17)5-6-18(21)27-20-8-14(25-9-15-11-28-15)7-19(22(20)23)26-10-16-12-29-16/h1-8,15-16H,9-12H2. The van der Waals surface area contributed by atoms with Gasteiger partial charge in [-0.2, -0.15) is 23.5 Å². The van der Waals surface area contributed by atoms with Crippen LogP contribution in [0.15, 0.2) is 57.7 Å². The number of ether oxygens (including phenoxy) is 2. The summed E-state index contributed by atoms with van der Waals surface area (Å²) in [7, 11) is 0. The highest BCUT2D eigenvalue weighted by Crippen LogP contribution is 2.37. The monoisotopic (exact) mass is 422 g/mol. The maximum atomic E-state index is 13.6. The molecule has 0 radical (unpaired) electrons. The van der Waals surface area contributed by atoms with Gasteiger partial charge in [0, 0.05) is 34.1 Å². The van der Waals surface area contributed by atoms with Crippen molar-refractivity contribution in [2.45, 2.75) is 10.5 Å². The van der Waals surface area contributed by atoms with E-state index in [0.717, 1.165) is 22.3 Å². The Morgan fingerprint density at radius 2 is 1.66 bits per heavy atom. The molecule has 3 heterocycles. The predicted molar refractivity (Wildman–Crippen MR) is 121 cm³/mol. The molecule has 0 amide bonds. The lowest BCUT2D eigenvalue weighted by molar-refractivity contribution is 0.315. The SMILES string of the molecule is O=c1c2c(OCC3CS3)cc(OCC3CS3)cc2oc2ccc3ccccc3c12. The molecule has 4 nitrogen and oxygen atoms in total. The van der Waals surface area contributed by atoms with Gasteiger partial charge in [-0.05, 0) is 16.8 Å². The van der Waals surface area contributed by atoms with Crippen LogP contribution in [0.3, 0.4) is 0 Å². The molecule has 0 bridgehead atoms. The van der Waals surface area contributed by atoms with Crippen LogP contribution in [0, 0.1) is 0 Å². The van der Waals surface area contributed by atoms with Gasteiger partial charge in [0.05, 0.1) is 5.39 Å². The minimum absolute atomic E-state index is 0.0548. The second-order valence-corrected chi connectivity index (χ2v) is 10.1. The largest absolute Gasteiger partial charge is 0.492 e. The third kappa shape index (κ3) is 3.34. The Balaban J connectivity index is 1.57. The molecule has 2 fully saturated rings. The summed E-state index contributed by atoms with van der Waals surface area (Å²) in [6, 6.07) is 15.4. The first-order valence-corrected chi connectivity index (χ1v) is 11.8. The fourth-order valence-electron chi connectivity index (χ4n) is 3.58. The van der Waals surface area contributed by atoms with Gasteiger partial charge in [-0.1, -0.05) is 30.3 Å². The van der Waals surface area contributed by atoms with Gasteiger partial charge in [0.2, 0.25) is 5.43 Å². The summed E-state index contributed by atoms with van der Waals surface area (Å²) >= 11 is 3.76. The summed E-state index contributed by atoms with van der Waals surface area (Å²) in [5, 5.41) is 4.08. The molecule has 6 heteroatoms. The zero-order chi connectivity index (χ0) is 19.4. The van der Waals surface area contributed by atoms with Crippen molar-refractivity contribution in [1.29, 1.82) is 0 Å². The molecule has 2 atom stereocenters. The van der Waals surface area contributed by atoms with Gasteiger partial charge in [0.1, 0.15) is 41.3 Å². The molecule has 4 aromatic rings. The minimum atomic E-state index is -0.0548. The third-order valence-electron chi connectivity index (χ3n) is 5.27. The highest BCUT2D eigenvalue weighted by Gasteiger charge is 2.26. The Kier molecular flexibility index (Phi) is 4.16. The van der Waals surface area contributed by atoms with Gasteiger partial charge < -0.3 is 13.9 Å². The maximum absolute atomic E-state index is 13.6. The Morgan fingerprint density at radius 1 is 0.897 bits per heavy atom. The average Bonchev–Trinajstić information content (AvgIpc) is 3.65. The molecule has 146 valence electrons. The van der Waals surface area contributed by atoms with E-state index in [1.807, 2.05) is 72.1 Å². The number of fused-ring (bicyclic) bond motifs is 4. The van der Waals surface area contributed by atoms with Crippen LogP contribution < -0.4 is 14.9 Å². The van der Waals surface area contributed by atoms with Crippen molar-refractivity contribution < 1.29 is 13.9 Å². The summed E-state index contributed by atoms with van der Waals surface area (Å²) in [4.78, 5) is 13.6. The van der Waals surface area contributed by atoms with E-state index in [0.29, 0.717) is 57.2 Å². The van der Waals surface area contributed by atoms with Crippen LogP contribution in [0.25, 0.3) is 32.7 Å². The van der Waals surface area contributed by atoms with Crippen LogP contribution in [0.2, 0.25) is 0 Å². The van der Waals surface area contributed by atoms with Crippen molar-refractivity contribution in [3.63, 3.8) is 0 Å². The molecule has 0 N–H and O–H groups in total. The molecule has 2 unspecified atom stereocenters. The molecule has 0 spiro atoms. The lowest BCUT2D eigenvalue weighted by atomic mass is 10.0. The lowest BCUT2D eigenvalue weighted by Crippen LogP contribution is -2.10. The highest BCUT2D eigenvalue weighted by atomic mass is 32.2. The summed E-state index contributed by atoms with van der Waals surface area (Å²) in [6.07, 6.45) is 0. The third-order valence-corrected chi connectivity index (χ3v) is 7.15. The Morgan fingerprint density at radius 3 is 2.45 bits per heavy atom. The quantitative estimate of drug-likeness (QED) is 0.245. The zero-order valence-corrected chi connectivity index (χ0v) is 17.2. The molecule has 0 aliphatic carbocycles. The first-order valence-electron chi connectivity index (χ1n) is 9.67. The summed E-state index contributed by atoms with van der Waals surface area (Å²) in [5.41, 5.74) is 1.04. The van der Waals surface area contributed by atoms with Crippen LogP contribution in [0.5, 0.6) is 11.5 Å². The second-order valence-electron chi connectivity index (χ2n) is 7.42. The molecule has 3 aromatic carbocycles. The van der Waals surface area contributed by atoms with Crippen molar-refractivity contribution in [1.82, 2.24) is 0 Å². The van der Waals surface area contributed by atoms with Crippen molar-refractivity contribution >= 4 is 56.2 Å². The fraction of sp³-hybridized carbons (Fsp3) is 0.261. The lowest BCUT2D eigenvalue weighted by Gasteiger charge is -2.13. The zero-order valence-electron chi connectivity index (χ0n) is 15.6. The Labute approximate surface area is 175 Å². The normalized spacial score (nSPS) is 20.3. The van der Waals surface area contributed by atoms with Crippen LogP contribution in [0.1, 0.15) is 0 Å². The smallest absolute Gasteiger partial charge is 0.204 e. The molecule has 2 aliphatic rings. The first kappa shape index (κ1) is 17.5. The molecule has 1 aromatic heterocycles. The number of thioether (sulfide) groups is 2. The molecular weight excluding hydrogens is 404 g/mol. The van der Waals surface area contributed by atoms with Crippen molar-refractivity contribution in [3.05, 3.63) is 58.8 Å².